The molecule has 3 aliphatic rings. The summed E-state index contributed by atoms with van der Waals surface area (Å²) in [5.41, 5.74) is 5.39. The van der Waals surface area contributed by atoms with Crippen LogP contribution in [0.5, 0.6) is 0 Å². The van der Waals surface area contributed by atoms with Gasteiger partial charge in [-0.2, -0.15) is 0 Å². The van der Waals surface area contributed by atoms with Crippen LogP contribution in [0.15, 0.2) is 54.4 Å². The van der Waals surface area contributed by atoms with Gasteiger partial charge in [-0.3, -0.25) is 24.3 Å². The predicted octanol–water partition coefficient (Wildman–Crippen LogP) is 3.46. The number of fused-ring (bicyclic) bond motifs is 2. The number of nitrogens with zero attached hydrogens (tertiary/aromatic N) is 3. The van der Waals surface area contributed by atoms with E-state index in [1.807, 2.05) is 31.2 Å². The maximum absolute atomic E-state index is 13.1. The molecule has 0 bridgehead atoms. The fourth-order valence-corrected chi connectivity index (χ4v) is 6.27. The standard InChI is InChI=1S/C32H35N7O4/c1-18(24(16-33)27-17-35-25-6-2-3-7-26(25)37-27)36-21-13-19(14-21)5-4-12-34-20-8-9-22-23(15-20)32(43)39(31(22)42)28-10-11-29(40)38-30(28)41/h2-3,6-9,15-17,19,21,28,30,33-34,36,41H,4-5,10-14H2,1H3,(H,38,40)/b24-18+,33-16?. The molecule has 0 radical (unpaired) electrons. The van der Waals surface area contributed by atoms with Gasteiger partial charge in [-0.1, -0.05) is 12.1 Å². The third-order valence-electron chi connectivity index (χ3n) is 8.64. The highest BCUT2D eigenvalue weighted by Crippen LogP contribution is 2.33. The number of hydrogen-bond donors (Lipinski definition) is 5. The van der Waals surface area contributed by atoms with Crippen molar-refractivity contribution in [3.63, 3.8) is 0 Å². The monoisotopic (exact) mass is 581 g/mol. The molecule has 11 heteroatoms. The third-order valence-corrected chi connectivity index (χ3v) is 8.64. The number of aromatic nitrogens is 2. The molecule has 2 unspecified atom stereocenters. The Morgan fingerprint density at radius 3 is 2.65 bits per heavy atom. The fourth-order valence-electron chi connectivity index (χ4n) is 6.27. The summed E-state index contributed by atoms with van der Waals surface area (Å²) in [4.78, 5) is 47.8. The summed E-state index contributed by atoms with van der Waals surface area (Å²) in [5.74, 6) is -0.564. The Hall–Kier alpha value is -4.64. The Morgan fingerprint density at radius 1 is 1.12 bits per heavy atom. The average Bonchev–Trinajstić information content (AvgIpc) is 3.22. The molecule has 6 rings (SSSR count). The van der Waals surface area contributed by atoms with E-state index in [9.17, 15) is 19.5 Å². The van der Waals surface area contributed by atoms with Gasteiger partial charge in [0.2, 0.25) is 5.91 Å². The number of piperidine rings is 1. The SMILES string of the molecule is C/C(NC1CC(CCCNc2ccc3c(c2)C(=O)N(C2CCC(=O)NC2O)C3=O)C1)=C(/C=N)c1cnc2ccccc2n1. The van der Waals surface area contributed by atoms with Crippen molar-refractivity contribution in [3.05, 3.63) is 71.2 Å². The largest absolute Gasteiger partial charge is 0.385 e. The van der Waals surface area contributed by atoms with Gasteiger partial charge in [0, 0.05) is 42.2 Å². The van der Waals surface area contributed by atoms with Crippen LogP contribution >= 0.6 is 0 Å². The van der Waals surface area contributed by atoms with E-state index in [1.165, 1.54) is 6.21 Å². The third kappa shape index (κ3) is 5.72. The molecule has 43 heavy (non-hydrogen) atoms. The Bertz CT molecular complexity index is 1630. The summed E-state index contributed by atoms with van der Waals surface area (Å²) >= 11 is 0. The van der Waals surface area contributed by atoms with Crippen molar-refractivity contribution in [2.45, 2.75) is 63.8 Å². The Balaban J connectivity index is 0.967. The quantitative estimate of drug-likeness (QED) is 0.138. The molecule has 3 amide bonds. The number of allylic oxidation sites excluding steroid dienone is 2. The molecule has 1 saturated heterocycles. The van der Waals surface area contributed by atoms with Crippen LogP contribution < -0.4 is 16.0 Å². The van der Waals surface area contributed by atoms with Gasteiger partial charge in [0.05, 0.1) is 40.1 Å². The first kappa shape index (κ1) is 28.5. The van der Waals surface area contributed by atoms with Crippen LogP contribution in [0, 0.1) is 11.3 Å². The van der Waals surface area contributed by atoms with Crippen LogP contribution in [-0.2, 0) is 4.79 Å². The lowest BCUT2D eigenvalue weighted by Crippen LogP contribution is -2.57. The van der Waals surface area contributed by atoms with Gasteiger partial charge >= 0.3 is 0 Å². The van der Waals surface area contributed by atoms with Crippen molar-refractivity contribution in [2.75, 3.05) is 11.9 Å². The van der Waals surface area contributed by atoms with Gasteiger partial charge in [-0.15, -0.1) is 0 Å². The van der Waals surface area contributed by atoms with E-state index in [1.54, 1.807) is 24.4 Å². The Labute approximate surface area is 249 Å². The van der Waals surface area contributed by atoms with E-state index in [-0.39, 0.29) is 18.7 Å². The summed E-state index contributed by atoms with van der Waals surface area (Å²) in [5, 5.41) is 27.5. The van der Waals surface area contributed by atoms with Crippen molar-refractivity contribution in [1.29, 1.82) is 5.41 Å². The summed E-state index contributed by atoms with van der Waals surface area (Å²) in [7, 11) is 0. The maximum Gasteiger partial charge on any atom is 0.262 e. The molecular formula is C32H35N7O4. The second-order valence-corrected chi connectivity index (χ2v) is 11.5. The predicted molar refractivity (Wildman–Crippen MR) is 162 cm³/mol. The van der Waals surface area contributed by atoms with Gasteiger partial charge in [0.15, 0.2) is 0 Å². The lowest BCUT2D eigenvalue weighted by molar-refractivity contribution is -0.129. The van der Waals surface area contributed by atoms with Crippen LogP contribution in [0.3, 0.4) is 0 Å². The van der Waals surface area contributed by atoms with Crippen molar-refractivity contribution in [3.8, 4) is 0 Å². The number of anilines is 1. The van der Waals surface area contributed by atoms with Crippen LogP contribution in [0.1, 0.15) is 71.9 Å². The van der Waals surface area contributed by atoms with E-state index in [4.69, 9.17) is 5.41 Å². The van der Waals surface area contributed by atoms with Gasteiger partial charge in [0.25, 0.3) is 11.8 Å². The van der Waals surface area contributed by atoms with Gasteiger partial charge < -0.3 is 26.5 Å². The number of carbonyl (C=O) groups is 3. The lowest BCUT2D eigenvalue weighted by atomic mass is 9.77. The lowest BCUT2D eigenvalue weighted by Gasteiger charge is -2.37. The number of imide groups is 1. The summed E-state index contributed by atoms with van der Waals surface area (Å²) < 4.78 is 0. The normalized spacial score (nSPS) is 23.8. The number of aliphatic hydroxyl groups is 1. The highest BCUT2D eigenvalue weighted by molar-refractivity contribution is 6.22. The van der Waals surface area contributed by atoms with Gasteiger partial charge in [-0.05, 0) is 75.3 Å². The molecule has 5 N–H and O–H groups in total. The van der Waals surface area contributed by atoms with Crippen LogP contribution in [0.25, 0.3) is 16.6 Å². The number of aliphatic hydroxyl groups excluding tert-OH is 1. The number of para-hydroxylation sites is 2. The minimum Gasteiger partial charge on any atom is -0.385 e. The first-order valence-electron chi connectivity index (χ1n) is 14.8. The number of nitrogens with one attached hydrogen (secondary N) is 4. The zero-order valence-electron chi connectivity index (χ0n) is 24.0. The van der Waals surface area contributed by atoms with Crippen LogP contribution in [-0.4, -0.2) is 68.8 Å². The second-order valence-electron chi connectivity index (χ2n) is 11.5. The zero-order valence-corrected chi connectivity index (χ0v) is 24.0. The topological polar surface area (TPSA) is 160 Å². The minimum atomic E-state index is -1.26. The van der Waals surface area contributed by atoms with Crippen molar-refractivity contribution >= 4 is 46.2 Å². The van der Waals surface area contributed by atoms with E-state index in [0.717, 1.165) is 65.1 Å². The highest BCUT2D eigenvalue weighted by atomic mass is 16.3. The molecule has 0 spiro atoms. The van der Waals surface area contributed by atoms with Crippen LogP contribution in [0.2, 0.25) is 0 Å². The summed E-state index contributed by atoms with van der Waals surface area (Å²) in [6.45, 7) is 2.72. The molecule has 2 fully saturated rings. The van der Waals surface area contributed by atoms with E-state index in [2.05, 4.69) is 25.9 Å². The highest BCUT2D eigenvalue weighted by Gasteiger charge is 2.44. The van der Waals surface area contributed by atoms with Crippen molar-refractivity contribution < 1.29 is 19.5 Å². The maximum atomic E-state index is 13.1. The van der Waals surface area contributed by atoms with E-state index < -0.39 is 24.1 Å². The number of rotatable bonds is 10. The molecule has 222 valence electrons. The first-order chi connectivity index (χ1) is 20.8. The number of hydrogen-bond acceptors (Lipinski definition) is 9. The molecule has 3 heterocycles. The van der Waals surface area contributed by atoms with Gasteiger partial charge in [-0.25, -0.2) is 4.98 Å². The molecule has 2 atom stereocenters. The van der Waals surface area contributed by atoms with E-state index >= 15 is 0 Å². The molecule has 2 aliphatic heterocycles. The van der Waals surface area contributed by atoms with Gasteiger partial charge in [0.1, 0.15) is 6.23 Å². The summed E-state index contributed by atoms with van der Waals surface area (Å²) in [6, 6.07) is 12.4. The van der Waals surface area contributed by atoms with Crippen LogP contribution in [0.4, 0.5) is 5.69 Å². The molecule has 1 aromatic heterocycles. The smallest absolute Gasteiger partial charge is 0.262 e. The fraction of sp³-hybridized carbons (Fsp3) is 0.375. The molecule has 1 saturated carbocycles. The summed E-state index contributed by atoms with van der Waals surface area (Å²) in [6.07, 6.45) is 6.34. The zero-order chi connectivity index (χ0) is 30.1. The minimum absolute atomic E-state index is 0.154. The van der Waals surface area contributed by atoms with Crippen molar-refractivity contribution in [1.82, 2.24) is 25.5 Å². The second kappa shape index (κ2) is 11.9. The Kier molecular flexibility index (Phi) is 7.90. The molecule has 1 aliphatic carbocycles. The molecule has 2 aromatic carbocycles. The first-order valence-corrected chi connectivity index (χ1v) is 14.8. The van der Waals surface area contributed by atoms with E-state index in [0.29, 0.717) is 28.8 Å². The number of carbonyl (C=O) groups excluding carboxylic acids is 3. The average molecular weight is 582 g/mol. The molecule has 3 aromatic rings. The Morgan fingerprint density at radius 2 is 1.88 bits per heavy atom. The molecular weight excluding hydrogens is 546 g/mol. The number of benzene rings is 2. The molecule has 11 nitrogen and oxygen atoms in total. The van der Waals surface area contributed by atoms with Crippen molar-refractivity contribution in [2.24, 2.45) is 5.92 Å². The number of amides is 3.